The van der Waals surface area contributed by atoms with Gasteiger partial charge in [-0.05, 0) is 49.8 Å². The van der Waals surface area contributed by atoms with Gasteiger partial charge in [-0.25, -0.2) is 0 Å². The molecule has 0 aliphatic heterocycles. The Labute approximate surface area is 141 Å². The number of phenols is 1. The number of allylic oxidation sites excluding steroid dienone is 1. The SMILES string of the molecule is C/C=C(/Oc1ccc(NCN)c(C)c1)c1cc(C#N)c(O)cc1N. The number of phenolic OH excluding ortho intramolecular Hbond substituents is 1. The van der Waals surface area contributed by atoms with E-state index >= 15 is 0 Å². The average molecular weight is 324 g/mol. The molecule has 0 atom stereocenters. The van der Waals surface area contributed by atoms with E-state index in [9.17, 15) is 5.11 Å². The number of anilines is 2. The summed E-state index contributed by atoms with van der Waals surface area (Å²) in [4.78, 5) is 0. The monoisotopic (exact) mass is 324 g/mol. The molecule has 0 spiro atoms. The minimum atomic E-state index is -0.151. The number of benzene rings is 2. The Morgan fingerprint density at radius 2 is 2.12 bits per heavy atom. The van der Waals surface area contributed by atoms with Crippen LogP contribution >= 0.6 is 0 Å². The number of aryl methyl sites for hydroxylation is 1. The molecule has 0 aromatic heterocycles. The van der Waals surface area contributed by atoms with Crippen LogP contribution in [0.1, 0.15) is 23.6 Å². The normalized spacial score (nSPS) is 11.0. The Hall–Kier alpha value is -3.17. The number of hydrogen-bond donors (Lipinski definition) is 4. The van der Waals surface area contributed by atoms with Gasteiger partial charge >= 0.3 is 0 Å². The Balaban J connectivity index is 2.35. The van der Waals surface area contributed by atoms with Gasteiger partial charge in [-0.3, -0.25) is 0 Å². The summed E-state index contributed by atoms with van der Waals surface area (Å²) in [5.41, 5.74) is 14.4. The minimum Gasteiger partial charge on any atom is -0.506 e. The summed E-state index contributed by atoms with van der Waals surface area (Å²) in [6.07, 6.45) is 1.76. The van der Waals surface area contributed by atoms with Crippen LogP contribution in [0.2, 0.25) is 0 Å². The lowest BCUT2D eigenvalue weighted by Gasteiger charge is -2.15. The molecule has 0 saturated carbocycles. The van der Waals surface area contributed by atoms with Crippen molar-refractivity contribution in [3.63, 3.8) is 0 Å². The zero-order valence-corrected chi connectivity index (χ0v) is 13.6. The van der Waals surface area contributed by atoms with Gasteiger partial charge in [0.2, 0.25) is 0 Å². The molecule has 2 rings (SSSR count). The molecule has 6 nitrogen and oxygen atoms in total. The van der Waals surface area contributed by atoms with Gasteiger partial charge < -0.3 is 26.6 Å². The first-order valence-electron chi connectivity index (χ1n) is 7.41. The molecule has 0 unspecified atom stereocenters. The van der Waals surface area contributed by atoms with Gasteiger partial charge in [-0.1, -0.05) is 0 Å². The summed E-state index contributed by atoms with van der Waals surface area (Å²) in [6.45, 7) is 4.11. The van der Waals surface area contributed by atoms with Crippen molar-refractivity contribution in [1.82, 2.24) is 0 Å². The third kappa shape index (κ3) is 3.59. The van der Waals surface area contributed by atoms with Gasteiger partial charge in [0, 0.05) is 23.0 Å². The molecule has 0 fully saturated rings. The van der Waals surface area contributed by atoms with Crippen molar-refractivity contribution in [2.24, 2.45) is 5.73 Å². The summed E-state index contributed by atoms with van der Waals surface area (Å²) >= 11 is 0. The molecule has 0 aliphatic rings. The van der Waals surface area contributed by atoms with E-state index in [0.29, 0.717) is 29.4 Å². The fraction of sp³-hybridized carbons (Fsp3) is 0.167. The van der Waals surface area contributed by atoms with Crippen LogP contribution in [-0.2, 0) is 0 Å². The summed E-state index contributed by atoms with van der Waals surface area (Å²) in [5, 5.41) is 21.8. The van der Waals surface area contributed by atoms with Crippen molar-refractivity contribution in [3.05, 3.63) is 53.1 Å². The highest BCUT2D eigenvalue weighted by atomic mass is 16.5. The molecule has 24 heavy (non-hydrogen) atoms. The standard InChI is InChI=1S/C18H20N4O2/c1-3-18(14-7-12(9-19)17(23)8-15(14)21)24-13-4-5-16(22-10-20)11(2)6-13/h3-8,22-23H,10,20-21H2,1-2H3/b18-3+. The first-order chi connectivity index (χ1) is 11.5. The maximum atomic E-state index is 9.70. The lowest BCUT2D eigenvalue weighted by Crippen LogP contribution is -2.11. The first-order valence-corrected chi connectivity index (χ1v) is 7.41. The number of rotatable bonds is 5. The number of ether oxygens (including phenoxy) is 1. The molecule has 0 amide bonds. The maximum absolute atomic E-state index is 9.70. The quantitative estimate of drug-likeness (QED) is 0.381. The second kappa shape index (κ2) is 7.40. The van der Waals surface area contributed by atoms with E-state index in [4.69, 9.17) is 21.5 Å². The maximum Gasteiger partial charge on any atom is 0.135 e. The summed E-state index contributed by atoms with van der Waals surface area (Å²) in [5.74, 6) is 0.986. The lowest BCUT2D eigenvalue weighted by atomic mass is 10.1. The van der Waals surface area contributed by atoms with Gasteiger partial charge in [0.15, 0.2) is 0 Å². The number of nitriles is 1. The second-order valence-electron chi connectivity index (χ2n) is 5.18. The molecule has 0 heterocycles. The van der Waals surface area contributed by atoms with Crippen molar-refractivity contribution in [2.75, 3.05) is 17.7 Å². The topological polar surface area (TPSA) is 117 Å². The highest BCUT2D eigenvalue weighted by molar-refractivity contribution is 5.75. The van der Waals surface area contributed by atoms with Gasteiger partial charge in [-0.15, -0.1) is 0 Å². The van der Waals surface area contributed by atoms with Crippen LogP contribution < -0.4 is 21.5 Å². The number of nitrogen functional groups attached to an aromatic ring is 1. The molecule has 0 aliphatic carbocycles. The van der Waals surface area contributed by atoms with Crippen LogP contribution in [0, 0.1) is 18.3 Å². The van der Waals surface area contributed by atoms with E-state index in [0.717, 1.165) is 11.3 Å². The van der Waals surface area contributed by atoms with E-state index in [-0.39, 0.29) is 11.3 Å². The van der Waals surface area contributed by atoms with Crippen molar-refractivity contribution in [3.8, 4) is 17.6 Å². The lowest BCUT2D eigenvalue weighted by molar-refractivity contribution is 0.473. The Kier molecular flexibility index (Phi) is 5.30. The molecule has 0 radical (unpaired) electrons. The van der Waals surface area contributed by atoms with E-state index in [1.54, 1.807) is 6.08 Å². The Morgan fingerprint density at radius 1 is 1.38 bits per heavy atom. The van der Waals surface area contributed by atoms with Crippen LogP contribution in [0.3, 0.4) is 0 Å². The molecule has 2 aromatic carbocycles. The molecular formula is C18H20N4O2. The predicted molar refractivity (Wildman–Crippen MR) is 95.4 cm³/mol. The second-order valence-corrected chi connectivity index (χ2v) is 5.18. The Bertz CT molecular complexity index is 822. The molecule has 6 heteroatoms. The molecule has 6 N–H and O–H groups in total. The number of nitrogens with one attached hydrogen (secondary N) is 1. The minimum absolute atomic E-state index is 0.140. The molecule has 2 aromatic rings. The van der Waals surface area contributed by atoms with Gasteiger partial charge in [0.25, 0.3) is 0 Å². The molecule has 0 bridgehead atoms. The highest BCUT2D eigenvalue weighted by Crippen LogP contribution is 2.31. The van der Waals surface area contributed by atoms with Gasteiger partial charge in [0.1, 0.15) is 23.3 Å². The van der Waals surface area contributed by atoms with Gasteiger partial charge in [-0.2, -0.15) is 5.26 Å². The summed E-state index contributed by atoms with van der Waals surface area (Å²) < 4.78 is 5.91. The van der Waals surface area contributed by atoms with Crippen LogP contribution in [0.25, 0.3) is 5.76 Å². The smallest absolute Gasteiger partial charge is 0.135 e. The van der Waals surface area contributed by atoms with Crippen LogP contribution in [0.5, 0.6) is 11.5 Å². The number of aromatic hydroxyl groups is 1. The van der Waals surface area contributed by atoms with Crippen LogP contribution in [0.4, 0.5) is 11.4 Å². The fourth-order valence-electron chi connectivity index (χ4n) is 2.31. The largest absolute Gasteiger partial charge is 0.506 e. The summed E-state index contributed by atoms with van der Waals surface area (Å²) in [6, 6.07) is 10.4. The molecular weight excluding hydrogens is 304 g/mol. The zero-order chi connectivity index (χ0) is 17.7. The van der Waals surface area contributed by atoms with Gasteiger partial charge in [0.05, 0.1) is 12.2 Å². The molecule has 124 valence electrons. The van der Waals surface area contributed by atoms with Crippen molar-refractivity contribution < 1.29 is 9.84 Å². The molecule has 0 saturated heterocycles. The fourth-order valence-corrected chi connectivity index (χ4v) is 2.31. The Morgan fingerprint density at radius 3 is 2.71 bits per heavy atom. The van der Waals surface area contributed by atoms with E-state index in [1.807, 2.05) is 38.1 Å². The third-order valence-corrected chi connectivity index (χ3v) is 3.53. The van der Waals surface area contributed by atoms with Crippen molar-refractivity contribution in [1.29, 1.82) is 5.26 Å². The van der Waals surface area contributed by atoms with E-state index in [2.05, 4.69) is 5.32 Å². The highest BCUT2D eigenvalue weighted by Gasteiger charge is 2.13. The van der Waals surface area contributed by atoms with Crippen LogP contribution in [-0.4, -0.2) is 11.8 Å². The number of nitrogens with zero attached hydrogens (tertiary/aromatic N) is 1. The predicted octanol–water partition coefficient (Wildman–Crippen LogP) is 2.92. The first kappa shape index (κ1) is 17.2. The van der Waals surface area contributed by atoms with E-state index in [1.165, 1.54) is 12.1 Å². The number of nitrogens with two attached hydrogens (primary N) is 2. The van der Waals surface area contributed by atoms with Crippen molar-refractivity contribution in [2.45, 2.75) is 13.8 Å². The summed E-state index contributed by atoms with van der Waals surface area (Å²) in [7, 11) is 0. The number of hydrogen-bond acceptors (Lipinski definition) is 6. The third-order valence-electron chi connectivity index (χ3n) is 3.53. The van der Waals surface area contributed by atoms with Crippen molar-refractivity contribution >= 4 is 17.1 Å². The zero-order valence-electron chi connectivity index (χ0n) is 13.6. The van der Waals surface area contributed by atoms with E-state index < -0.39 is 0 Å². The average Bonchev–Trinajstić information content (AvgIpc) is 2.56. The van der Waals surface area contributed by atoms with Crippen LogP contribution in [0.15, 0.2) is 36.4 Å².